The Morgan fingerprint density at radius 2 is 1.64 bits per heavy atom. The Kier molecular flexibility index (Phi) is 12.5. The molecule has 1 amide bonds. The van der Waals surface area contributed by atoms with Crippen LogP contribution in [0.25, 0.3) is 0 Å². The Morgan fingerprint density at radius 3 is 2.23 bits per heavy atom. The fraction of sp³-hybridized carbons (Fsp3) is 0.786. The summed E-state index contributed by atoms with van der Waals surface area (Å²) in [5.41, 5.74) is 2.52. The maximum atomic E-state index is 11.6. The van der Waals surface area contributed by atoms with Gasteiger partial charge in [0.25, 0.3) is 0 Å². The SMILES string of the molecule is CNOCCOCCOCC(=O)N[C@@H](CCC(C)=O)C(C)=O. The first-order valence-corrected chi connectivity index (χ1v) is 7.20. The molecular formula is C14H26N2O6. The molecule has 0 unspecified atom stereocenters. The number of ether oxygens (including phenoxy) is 2. The Morgan fingerprint density at radius 1 is 1.00 bits per heavy atom. The minimum atomic E-state index is -0.644. The molecule has 0 aromatic rings. The van der Waals surface area contributed by atoms with Gasteiger partial charge in [0.05, 0.1) is 32.5 Å². The van der Waals surface area contributed by atoms with Gasteiger partial charge in [-0.1, -0.05) is 0 Å². The summed E-state index contributed by atoms with van der Waals surface area (Å²) in [7, 11) is 1.66. The molecule has 0 aliphatic rings. The molecule has 0 saturated carbocycles. The number of hydrogen-bond acceptors (Lipinski definition) is 7. The maximum absolute atomic E-state index is 11.6. The van der Waals surface area contributed by atoms with Crippen molar-refractivity contribution in [3.05, 3.63) is 0 Å². The molecule has 0 fully saturated rings. The van der Waals surface area contributed by atoms with Gasteiger partial charge in [-0.2, -0.15) is 0 Å². The predicted molar refractivity (Wildman–Crippen MR) is 79.2 cm³/mol. The molecule has 0 aliphatic carbocycles. The molecule has 128 valence electrons. The zero-order chi connectivity index (χ0) is 16.8. The Hall–Kier alpha value is -1.35. The van der Waals surface area contributed by atoms with Gasteiger partial charge in [-0.25, -0.2) is 5.48 Å². The molecule has 0 bridgehead atoms. The lowest BCUT2D eigenvalue weighted by Crippen LogP contribution is -2.41. The highest BCUT2D eigenvalue weighted by Gasteiger charge is 2.17. The van der Waals surface area contributed by atoms with Crippen molar-refractivity contribution in [3.63, 3.8) is 0 Å². The van der Waals surface area contributed by atoms with Crippen molar-refractivity contribution in [2.75, 3.05) is 40.1 Å². The summed E-state index contributed by atoms with van der Waals surface area (Å²) in [6.07, 6.45) is 0.568. The quantitative estimate of drug-likeness (QED) is 0.332. The van der Waals surface area contributed by atoms with E-state index < -0.39 is 6.04 Å². The number of hydroxylamine groups is 1. The van der Waals surface area contributed by atoms with Crippen LogP contribution in [0.2, 0.25) is 0 Å². The molecule has 0 heterocycles. The minimum absolute atomic E-state index is 0.0175. The van der Waals surface area contributed by atoms with E-state index in [4.69, 9.17) is 14.3 Å². The lowest BCUT2D eigenvalue weighted by atomic mass is 10.1. The summed E-state index contributed by atoms with van der Waals surface area (Å²) in [6.45, 7) is 4.14. The van der Waals surface area contributed by atoms with E-state index in [1.165, 1.54) is 13.8 Å². The molecule has 1 atom stereocenters. The van der Waals surface area contributed by atoms with Crippen LogP contribution in [-0.4, -0.2) is 63.6 Å². The molecular weight excluding hydrogens is 292 g/mol. The van der Waals surface area contributed by atoms with Crippen LogP contribution in [0.3, 0.4) is 0 Å². The van der Waals surface area contributed by atoms with Crippen LogP contribution in [0.4, 0.5) is 0 Å². The Labute approximate surface area is 130 Å². The first kappa shape index (κ1) is 20.6. The standard InChI is InChI=1S/C14H26N2O6/c1-11(17)4-5-13(12(2)18)16-14(19)10-21-7-6-20-8-9-22-15-3/h13,15H,4-10H2,1-3H3,(H,16,19)/t13-/m0/s1. The van der Waals surface area contributed by atoms with E-state index in [1.807, 2.05) is 0 Å². The number of amides is 1. The third kappa shape index (κ3) is 12.4. The van der Waals surface area contributed by atoms with Gasteiger partial charge < -0.3 is 19.6 Å². The molecule has 2 N–H and O–H groups in total. The average Bonchev–Trinajstić information content (AvgIpc) is 2.45. The number of ketones is 2. The predicted octanol–water partition coefficient (Wildman–Crippen LogP) is -0.386. The Bertz CT molecular complexity index is 348. The summed E-state index contributed by atoms with van der Waals surface area (Å²) in [5.74, 6) is -0.583. The number of carbonyl (C=O) groups is 3. The molecule has 0 aromatic heterocycles. The number of Topliss-reactive ketones (excluding diaryl/α,β-unsaturated/α-hetero) is 2. The zero-order valence-electron chi connectivity index (χ0n) is 13.5. The molecule has 8 nitrogen and oxygen atoms in total. The van der Waals surface area contributed by atoms with Crippen molar-refractivity contribution in [1.29, 1.82) is 0 Å². The number of nitrogens with one attached hydrogen (secondary N) is 2. The van der Waals surface area contributed by atoms with Crippen molar-refractivity contribution < 1.29 is 28.7 Å². The number of hydrogen-bond donors (Lipinski definition) is 2. The third-order valence-electron chi connectivity index (χ3n) is 2.69. The fourth-order valence-electron chi connectivity index (χ4n) is 1.55. The number of rotatable bonds is 14. The van der Waals surface area contributed by atoms with E-state index in [0.29, 0.717) is 26.2 Å². The zero-order valence-corrected chi connectivity index (χ0v) is 13.5. The first-order valence-electron chi connectivity index (χ1n) is 7.20. The summed E-state index contributed by atoms with van der Waals surface area (Å²) < 4.78 is 10.3. The van der Waals surface area contributed by atoms with Crippen molar-refractivity contribution in [2.24, 2.45) is 0 Å². The highest BCUT2D eigenvalue weighted by molar-refractivity contribution is 5.88. The van der Waals surface area contributed by atoms with Crippen LogP contribution in [-0.2, 0) is 28.7 Å². The van der Waals surface area contributed by atoms with Gasteiger partial charge >= 0.3 is 0 Å². The van der Waals surface area contributed by atoms with Gasteiger partial charge in [-0.05, 0) is 20.3 Å². The van der Waals surface area contributed by atoms with E-state index in [9.17, 15) is 14.4 Å². The monoisotopic (exact) mass is 318 g/mol. The van der Waals surface area contributed by atoms with E-state index in [0.717, 1.165) is 0 Å². The molecule has 0 radical (unpaired) electrons. The second-order valence-corrected chi connectivity index (χ2v) is 4.69. The van der Waals surface area contributed by atoms with Crippen LogP contribution < -0.4 is 10.8 Å². The van der Waals surface area contributed by atoms with Gasteiger partial charge in [-0.3, -0.25) is 14.4 Å². The third-order valence-corrected chi connectivity index (χ3v) is 2.69. The molecule has 8 heteroatoms. The lowest BCUT2D eigenvalue weighted by Gasteiger charge is -2.15. The summed E-state index contributed by atoms with van der Waals surface area (Å²) in [6, 6.07) is -0.644. The summed E-state index contributed by atoms with van der Waals surface area (Å²) in [5, 5.41) is 2.56. The fourth-order valence-corrected chi connectivity index (χ4v) is 1.55. The van der Waals surface area contributed by atoms with Crippen LogP contribution in [0.5, 0.6) is 0 Å². The molecule has 0 aromatic carbocycles. The Balaban J connectivity index is 3.72. The van der Waals surface area contributed by atoms with Crippen molar-refractivity contribution in [3.8, 4) is 0 Å². The molecule has 0 saturated heterocycles. The van der Waals surface area contributed by atoms with Gasteiger partial charge in [0.2, 0.25) is 5.91 Å². The second kappa shape index (κ2) is 13.3. The van der Waals surface area contributed by atoms with Crippen molar-refractivity contribution in [1.82, 2.24) is 10.8 Å². The highest BCUT2D eigenvalue weighted by atomic mass is 16.7. The topological polar surface area (TPSA) is 103 Å². The highest BCUT2D eigenvalue weighted by Crippen LogP contribution is 2.00. The van der Waals surface area contributed by atoms with Gasteiger partial charge in [0.15, 0.2) is 5.78 Å². The normalized spacial score (nSPS) is 12.0. The van der Waals surface area contributed by atoms with Crippen LogP contribution in [0.15, 0.2) is 0 Å². The summed E-state index contributed by atoms with van der Waals surface area (Å²) in [4.78, 5) is 38.8. The van der Waals surface area contributed by atoms with Gasteiger partial charge in [0.1, 0.15) is 12.4 Å². The van der Waals surface area contributed by atoms with E-state index >= 15 is 0 Å². The van der Waals surface area contributed by atoms with Crippen molar-refractivity contribution >= 4 is 17.5 Å². The molecule has 22 heavy (non-hydrogen) atoms. The van der Waals surface area contributed by atoms with E-state index in [1.54, 1.807) is 7.05 Å². The van der Waals surface area contributed by atoms with E-state index in [2.05, 4.69) is 10.8 Å². The van der Waals surface area contributed by atoms with Crippen LogP contribution in [0.1, 0.15) is 26.7 Å². The van der Waals surface area contributed by atoms with Gasteiger partial charge in [0, 0.05) is 13.5 Å². The largest absolute Gasteiger partial charge is 0.377 e. The smallest absolute Gasteiger partial charge is 0.246 e. The number of carbonyl (C=O) groups excluding carboxylic acids is 3. The molecule has 0 rings (SSSR count). The first-order chi connectivity index (χ1) is 10.5. The van der Waals surface area contributed by atoms with E-state index in [-0.39, 0.29) is 37.1 Å². The maximum Gasteiger partial charge on any atom is 0.246 e. The van der Waals surface area contributed by atoms with Crippen molar-refractivity contribution in [2.45, 2.75) is 32.7 Å². The van der Waals surface area contributed by atoms with Crippen LogP contribution >= 0.6 is 0 Å². The van der Waals surface area contributed by atoms with Gasteiger partial charge in [-0.15, -0.1) is 0 Å². The summed E-state index contributed by atoms with van der Waals surface area (Å²) >= 11 is 0. The lowest BCUT2D eigenvalue weighted by molar-refractivity contribution is -0.131. The van der Waals surface area contributed by atoms with Crippen LogP contribution in [0, 0.1) is 0 Å². The molecule has 0 spiro atoms. The second-order valence-electron chi connectivity index (χ2n) is 4.69. The minimum Gasteiger partial charge on any atom is -0.377 e. The molecule has 0 aliphatic heterocycles. The average molecular weight is 318 g/mol.